The van der Waals surface area contributed by atoms with Gasteiger partial charge >= 0.3 is 6.09 Å². The van der Waals surface area contributed by atoms with Crippen LogP contribution in [0.4, 0.5) is 10.6 Å². The summed E-state index contributed by atoms with van der Waals surface area (Å²) in [6.07, 6.45) is 1.68. The van der Waals surface area contributed by atoms with Crippen molar-refractivity contribution in [1.82, 2.24) is 14.9 Å². The zero-order valence-corrected chi connectivity index (χ0v) is 15.0. The quantitative estimate of drug-likeness (QED) is 0.853. The van der Waals surface area contributed by atoms with E-state index < -0.39 is 5.60 Å². The molecule has 7 heteroatoms. The number of aromatic nitrogens is 2. The zero-order valence-electron chi connectivity index (χ0n) is 14.2. The molecule has 0 aromatic carbocycles. The third kappa shape index (κ3) is 5.86. The number of anilines is 1. The van der Waals surface area contributed by atoms with E-state index in [0.717, 1.165) is 44.0 Å². The van der Waals surface area contributed by atoms with E-state index in [1.165, 1.54) is 0 Å². The maximum absolute atomic E-state index is 12.0. The van der Waals surface area contributed by atoms with Crippen LogP contribution < -0.4 is 5.32 Å². The third-order valence-electron chi connectivity index (χ3n) is 3.67. The number of likely N-dealkylation sites (tertiary alicyclic amines) is 1. The van der Waals surface area contributed by atoms with E-state index in [9.17, 15) is 4.79 Å². The Balaban J connectivity index is 1.77. The Morgan fingerprint density at radius 1 is 1.39 bits per heavy atom. The van der Waals surface area contributed by atoms with Gasteiger partial charge in [0, 0.05) is 31.4 Å². The minimum Gasteiger partial charge on any atom is -0.444 e. The van der Waals surface area contributed by atoms with Crippen LogP contribution in [0.5, 0.6) is 0 Å². The molecule has 0 saturated carbocycles. The maximum atomic E-state index is 12.0. The third-order valence-corrected chi connectivity index (χ3v) is 3.83. The topological polar surface area (TPSA) is 67.4 Å². The number of aryl methyl sites for hydroxylation is 1. The minimum atomic E-state index is -0.445. The van der Waals surface area contributed by atoms with Gasteiger partial charge in [0.05, 0.1) is 0 Å². The highest BCUT2D eigenvalue weighted by Crippen LogP contribution is 2.20. The summed E-state index contributed by atoms with van der Waals surface area (Å²) in [7, 11) is 0. The van der Waals surface area contributed by atoms with Crippen LogP contribution in [0.15, 0.2) is 6.07 Å². The Hall–Kier alpha value is -1.56. The molecule has 6 nitrogen and oxygen atoms in total. The second-order valence-corrected chi connectivity index (χ2v) is 7.29. The normalized spacial score (nSPS) is 16.3. The Bertz CT molecular complexity index is 531. The van der Waals surface area contributed by atoms with Crippen molar-refractivity contribution in [2.75, 3.05) is 25.0 Å². The van der Waals surface area contributed by atoms with Crippen LogP contribution in [-0.4, -0.2) is 46.2 Å². The molecule has 0 radical (unpaired) electrons. The minimum absolute atomic E-state index is 0.220. The fourth-order valence-electron chi connectivity index (χ4n) is 2.52. The summed E-state index contributed by atoms with van der Waals surface area (Å²) in [5.74, 6) is 1.25. The van der Waals surface area contributed by atoms with Gasteiger partial charge in [0.25, 0.3) is 0 Å². The first-order valence-corrected chi connectivity index (χ1v) is 8.34. The summed E-state index contributed by atoms with van der Waals surface area (Å²) in [5, 5.41) is 3.56. The van der Waals surface area contributed by atoms with Crippen molar-refractivity contribution in [2.45, 2.75) is 46.1 Å². The largest absolute Gasteiger partial charge is 0.444 e. The standard InChI is InChI=1S/C16H25ClN4O2/c1-11-9-13(20-14(17)19-11)18-10-12-5-7-21(8-6-12)15(22)23-16(2,3)4/h9,12H,5-8,10H2,1-4H3,(H,18,19,20). The van der Waals surface area contributed by atoms with Crippen molar-refractivity contribution < 1.29 is 9.53 Å². The van der Waals surface area contributed by atoms with Gasteiger partial charge in [-0.2, -0.15) is 0 Å². The van der Waals surface area contributed by atoms with Gasteiger partial charge in [-0.3, -0.25) is 0 Å². The molecule has 0 atom stereocenters. The number of carbonyl (C=O) groups excluding carboxylic acids is 1. The molecule has 1 amide bonds. The van der Waals surface area contributed by atoms with Crippen molar-refractivity contribution in [3.05, 3.63) is 17.0 Å². The molecule has 2 rings (SSSR count). The molecule has 0 spiro atoms. The predicted octanol–water partition coefficient (Wildman–Crippen LogP) is 3.50. The van der Waals surface area contributed by atoms with Crippen LogP contribution in [0.2, 0.25) is 5.28 Å². The van der Waals surface area contributed by atoms with Crippen molar-refractivity contribution in [1.29, 1.82) is 0 Å². The van der Waals surface area contributed by atoms with Gasteiger partial charge in [-0.05, 0) is 58.1 Å². The highest BCUT2D eigenvalue weighted by Gasteiger charge is 2.26. The average molecular weight is 341 g/mol. The first-order valence-electron chi connectivity index (χ1n) is 7.96. The number of hydrogen-bond donors (Lipinski definition) is 1. The molecule has 1 N–H and O–H groups in total. The molecule has 1 aliphatic heterocycles. The van der Waals surface area contributed by atoms with Crippen LogP contribution in [0.1, 0.15) is 39.3 Å². The summed E-state index contributed by atoms with van der Waals surface area (Å²) in [6, 6.07) is 1.88. The van der Waals surface area contributed by atoms with Crippen molar-refractivity contribution in [2.24, 2.45) is 5.92 Å². The smallest absolute Gasteiger partial charge is 0.410 e. The molecule has 0 bridgehead atoms. The lowest BCUT2D eigenvalue weighted by molar-refractivity contribution is 0.0188. The number of nitrogens with zero attached hydrogens (tertiary/aromatic N) is 3. The van der Waals surface area contributed by atoms with Gasteiger partial charge in [-0.1, -0.05) is 0 Å². The molecule has 1 aliphatic rings. The molecule has 23 heavy (non-hydrogen) atoms. The molecule has 1 fully saturated rings. The van der Waals surface area contributed by atoms with Gasteiger partial charge in [0.1, 0.15) is 11.4 Å². The Labute approximate surface area is 142 Å². The first kappa shape index (κ1) is 17.8. The lowest BCUT2D eigenvalue weighted by Gasteiger charge is -2.33. The monoisotopic (exact) mass is 340 g/mol. The number of carbonyl (C=O) groups is 1. The molecule has 1 saturated heterocycles. The van der Waals surface area contributed by atoms with Crippen LogP contribution in [0.3, 0.4) is 0 Å². The average Bonchev–Trinajstić information content (AvgIpc) is 2.43. The predicted molar refractivity (Wildman–Crippen MR) is 90.8 cm³/mol. The van der Waals surface area contributed by atoms with Gasteiger partial charge in [-0.15, -0.1) is 0 Å². The fraction of sp³-hybridized carbons (Fsp3) is 0.688. The molecule has 128 valence electrons. The van der Waals surface area contributed by atoms with Gasteiger partial charge in [0.2, 0.25) is 5.28 Å². The van der Waals surface area contributed by atoms with Crippen LogP contribution in [0.25, 0.3) is 0 Å². The lowest BCUT2D eigenvalue weighted by atomic mass is 9.97. The summed E-state index contributed by atoms with van der Waals surface area (Å²) in [6.45, 7) is 9.81. The van der Waals surface area contributed by atoms with Crippen LogP contribution >= 0.6 is 11.6 Å². The van der Waals surface area contributed by atoms with Gasteiger partial charge in [-0.25, -0.2) is 14.8 Å². The van der Waals surface area contributed by atoms with E-state index in [2.05, 4.69) is 15.3 Å². The second kappa shape index (κ2) is 7.34. The van der Waals surface area contributed by atoms with Gasteiger partial charge < -0.3 is 15.0 Å². The summed E-state index contributed by atoms with van der Waals surface area (Å²) >= 11 is 5.86. The summed E-state index contributed by atoms with van der Waals surface area (Å²) in [5.41, 5.74) is 0.395. The Kier molecular flexibility index (Phi) is 5.68. The fourth-order valence-corrected chi connectivity index (χ4v) is 2.74. The number of piperidine rings is 1. The number of halogens is 1. The number of rotatable bonds is 3. The molecule has 1 aromatic rings. The number of ether oxygens (including phenoxy) is 1. The highest BCUT2D eigenvalue weighted by molar-refractivity contribution is 6.28. The van der Waals surface area contributed by atoms with E-state index >= 15 is 0 Å². The molecule has 0 aliphatic carbocycles. The lowest BCUT2D eigenvalue weighted by Crippen LogP contribution is -2.42. The number of hydrogen-bond acceptors (Lipinski definition) is 5. The molecule has 0 unspecified atom stereocenters. The van der Waals surface area contributed by atoms with Gasteiger partial charge in [0.15, 0.2) is 0 Å². The SMILES string of the molecule is Cc1cc(NCC2CCN(C(=O)OC(C)(C)C)CC2)nc(Cl)n1. The second-order valence-electron chi connectivity index (χ2n) is 6.96. The molecular weight excluding hydrogens is 316 g/mol. The van der Waals surface area contributed by atoms with E-state index in [1.54, 1.807) is 4.90 Å². The highest BCUT2D eigenvalue weighted by atomic mass is 35.5. The van der Waals surface area contributed by atoms with Crippen molar-refractivity contribution in [3.63, 3.8) is 0 Å². The maximum Gasteiger partial charge on any atom is 0.410 e. The first-order chi connectivity index (χ1) is 10.7. The van der Waals surface area contributed by atoms with Crippen molar-refractivity contribution >= 4 is 23.5 Å². The molecular formula is C16H25ClN4O2. The van der Waals surface area contributed by atoms with E-state index in [-0.39, 0.29) is 11.4 Å². The Morgan fingerprint density at radius 3 is 2.61 bits per heavy atom. The van der Waals surface area contributed by atoms with Crippen molar-refractivity contribution in [3.8, 4) is 0 Å². The van der Waals surface area contributed by atoms with E-state index in [0.29, 0.717) is 5.92 Å². The zero-order chi connectivity index (χ0) is 17.0. The van der Waals surface area contributed by atoms with E-state index in [1.807, 2.05) is 33.8 Å². The van der Waals surface area contributed by atoms with E-state index in [4.69, 9.17) is 16.3 Å². The molecule has 2 heterocycles. The number of amides is 1. The summed E-state index contributed by atoms with van der Waals surface area (Å²) in [4.78, 5) is 22.0. The Morgan fingerprint density at radius 2 is 2.04 bits per heavy atom. The summed E-state index contributed by atoms with van der Waals surface area (Å²) < 4.78 is 5.41. The number of nitrogens with one attached hydrogen (secondary N) is 1. The van der Waals surface area contributed by atoms with Crippen LogP contribution in [0, 0.1) is 12.8 Å². The molecule has 1 aromatic heterocycles. The van der Waals surface area contributed by atoms with Crippen LogP contribution in [-0.2, 0) is 4.74 Å².